The normalized spacial score (nSPS) is 22.1. The number of ether oxygens (including phenoxy) is 1. The summed E-state index contributed by atoms with van der Waals surface area (Å²) in [5, 5.41) is 0. The van der Waals surface area contributed by atoms with E-state index in [1.165, 1.54) is 4.88 Å². The van der Waals surface area contributed by atoms with Gasteiger partial charge in [0.2, 0.25) is 0 Å². The third-order valence-electron chi connectivity index (χ3n) is 4.31. The summed E-state index contributed by atoms with van der Waals surface area (Å²) in [6, 6.07) is 7.78. The lowest BCUT2D eigenvalue weighted by Crippen LogP contribution is -2.60. The molecule has 0 bridgehead atoms. The quantitative estimate of drug-likeness (QED) is 0.856. The van der Waals surface area contributed by atoms with Crippen molar-refractivity contribution >= 4 is 29.0 Å². The molecule has 0 radical (unpaired) electrons. The number of pyridine rings is 1. The highest BCUT2D eigenvalue weighted by molar-refractivity contribution is 8.01. The first-order chi connectivity index (χ1) is 11.1. The molecule has 0 saturated carbocycles. The molecular weight excluding hydrogens is 328 g/mol. The number of thiophene rings is 1. The summed E-state index contributed by atoms with van der Waals surface area (Å²) in [4.78, 5) is 20.5. The molecule has 0 unspecified atom stereocenters. The van der Waals surface area contributed by atoms with Crippen LogP contribution in [-0.2, 0) is 0 Å². The predicted octanol–water partition coefficient (Wildman–Crippen LogP) is 3.23. The number of likely N-dealkylation sites (tertiary alicyclic amines) is 1. The van der Waals surface area contributed by atoms with Gasteiger partial charge in [0.1, 0.15) is 11.9 Å². The van der Waals surface area contributed by atoms with E-state index in [9.17, 15) is 4.79 Å². The van der Waals surface area contributed by atoms with Crippen molar-refractivity contribution in [3.05, 3.63) is 46.4 Å². The van der Waals surface area contributed by atoms with Crippen LogP contribution < -0.4 is 4.74 Å². The van der Waals surface area contributed by atoms with Gasteiger partial charge in [-0.1, -0.05) is 0 Å². The molecule has 1 spiro atoms. The zero-order valence-corrected chi connectivity index (χ0v) is 14.5. The molecule has 2 aromatic heterocycles. The van der Waals surface area contributed by atoms with Crippen LogP contribution in [0.1, 0.15) is 21.0 Å². The van der Waals surface area contributed by atoms with Crippen LogP contribution in [-0.4, -0.2) is 45.5 Å². The molecular formula is C17H18N2O2S2. The molecule has 4 heterocycles. The predicted molar refractivity (Wildman–Crippen MR) is 93.4 cm³/mol. The van der Waals surface area contributed by atoms with Crippen molar-refractivity contribution in [2.45, 2.75) is 24.2 Å². The van der Waals surface area contributed by atoms with Gasteiger partial charge in [0.15, 0.2) is 0 Å². The van der Waals surface area contributed by atoms with Crippen molar-refractivity contribution < 1.29 is 9.53 Å². The maximum Gasteiger partial charge on any atom is 0.264 e. The minimum absolute atomic E-state index is 0.172. The summed E-state index contributed by atoms with van der Waals surface area (Å²) in [6.07, 6.45) is 4.72. The van der Waals surface area contributed by atoms with Gasteiger partial charge in [0.25, 0.3) is 5.91 Å². The Kier molecular flexibility index (Phi) is 3.81. The average molecular weight is 346 g/mol. The second-order valence-electron chi connectivity index (χ2n) is 6.20. The van der Waals surface area contributed by atoms with E-state index < -0.39 is 0 Å². The third-order valence-corrected chi connectivity index (χ3v) is 6.87. The van der Waals surface area contributed by atoms with Crippen molar-refractivity contribution in [3.8, 4) is 5.75 Å². The minimum atomic E-state index is 0.172. The van der Waals surface area contributed by atoms with Crippen LogP contribution in [0.25, 0.3) is 0 Å². The number of amides is 1. The lowest BCUT2D eigenvalue weighted by atomic mass is 9.92. The Morgan fingerprint density at radius 2 is 2.26 bits per heavy atom. The Balaban J connectivity index is 1.33. The number of aryl methyl sites for hydroxylation is 1. The summed E-state index contributed by atoms with van der Waals surface area (Å²) in [5.74, 6) is 1.98. The number of rotatable bonds is 3. The first kappa shape index (κ1) is 15.0. The minimum Gasteiger partial charge on any atom is -0.488 e. The van der Waals surface area contributed by atoms with Gasteiger partial charge < -0.3 is 9.64 Å². The number of carbonyl (C=O) groups is 1. The number of hydrogen-bond acceptors (Lipinski definition) is 5. The average Bonchev–Trinajstić information content (AvgIpc) is 3.13. The van der Waals surface area contributed by atoms with Crippen LogP contribution in [0.3, 0.4) is 0 Å². The van der Waals surface area contributed by atoms with E-state index >= 15 is 0 Å². The van der Waals surface area contributed by atoms with E-state index in [2.05, 4.69) is 4.98 Å². The van der Waals surface area contributed by atoms with Gasteiger partial charge in [0.05, 0.1) is 15.8 Å². The molecule has 0 aliphatic carbocycles. The maximum absolute atomic E-state index is 12.4. The van der Waals surface area contributed by atoms with Gasteiger partial charge in [-0.25, -0.2) is 0 Å². The second-order valence-corrected chi connectivity index (χ2v) is 8.97. The molecule has 23 heavy (non-hydrogen) atoms. The summed E-state index contributed by atoms with van der Waals surface area (Å²) < 4.78 is 6.19. The summed E-state index contributed by atoms with van der Waals surface area (Å²) in [7, 11) is 0. The van der Waals surface area contributed by atoms with Crippen molar-refractivity contribution in [1.29, 1.82) is 0 Å². The van der Waals surface area contributed by atoms with Crippen molar-refractivity contribution in [3.63, 3.8) is 0 Å². The van der Waals surface area contributed by atoms with Gasteiger partial charge in [-0.15, -0.1) is 23.1 Å². The first-order valence-electron chi connectivity index (χ1n) is 7.70. The molecule has 2 aliphatic heterocycles. The van der Waals surface area contributed by atoms with Crippen LogP contribution in [0.15, 0.2) is 36.7 Å². The summed E-state index contributed by atoms with van der Waals surface area (Å²) in [5.41, 5.74) is 0. The molecule has 2 aliphatic rings. The first-order valence-corrected chi connectivity index (χ1v) is 9.50. The van der Waals surface area contributed by atoms with E-state index in [0.29, 0.717) is 0 Å². The summed E-state index contributed by atoms with van der Waals surface area (Å²) >= 11 is 3.52. The highest BCUT2D eigenvalue weighted by Crippen LogP contribution is 2.46. The molecule has 2 saturated heterocycles. The Bertz CT molecular complexity index is 710. The second kappa shape index (κ2) is 5.83. The maximum atomic E-state index is 12.4. The molecule has 1 amide bonds. The number of hydrogen-bond donors (Lipinski definition) is 0. The van der Waals surface area contributed by atoms with Crippen LogP contribution in [0, 0.1) is 6.92 Å². The highest BCUT2D eigenvalue weighted by atomic mass is 32.2. The molecule has 4 nitrogen and oxygen atoms in total. The highest BCUT2D eigenvalue weighted by Gasteiger charge is 2.51. The van der Waals surface area contributed by atoms with E-state index in [4.69, 9.17) is 4.74 Å². The smallest absolute Gasteiger partial charge is 0.264 e. The van der Waals surface area contributed by atoms with Crippen LogP contribution >= 0.6 is 23.1 Å². The van der Waals surface area contributed by atoms with Crippen LogP contribution in [0.5, 0.6) is 5.75 Å². The number of nitrogens with zero attached hydrogens (tertiary/aromatic N) is 2. The molecule has 4 rings (SSSR count). The summed E-state index contributed by atoms with van der Waals surface area (Å²) in [6.45, 7) is 3.70. The number of aromatic nitrogens is 1. The van der Waals surface area contributed by atoms with E-state index in [1.807, 2.05) is 47.9 Å². The van der Waals surface area contributed by atoms with Crippen molar-refractivity contribution in [2.24, 2.45) is 0 Å². The Morgan fingerprint density at radius 1 is 1.39 bits per heavy atom. The Labute approximate surface area is 143 Å². The molecule has 0 aromatic carbocycles. The topological polar surface area (TPSA) is 42.4 Å². The van der Waals surface area contributed by atoms with Crippen molar-refractivity contribution in [2.75, 3.05) is 18.8 Å². The van der Waals surface area contributed by atoms with Gasteiger partial charge in [0, 0.05) is 36.3 Å². The van der Waals surface area contributed by atoms with Crippen molar-refractivity contribution in [1.82, 2.24) is 9.88 Å². The van der Waals surface area contributed by atoms with Gasteiger partial charge in [-0.3, -0.25) is 9.78 Å². The monoisotopic (exact) mass is 346 g/mol. The number of thioether (sulfide) groups is 1. The third kappa shape index (κ3) is 2.97. The Morgan fingerprint density at radius 3 is 2.96 bits per heavy atom. The number of carbonyl (C=O) groups excluding carboxylic acids is 1. The van der Waals surface area contributed by atoms with Crippen LogP contribution in [0.2, 0.25) is 0 Å². The largest absolute Gasteiger partial charge is 0.488 e. The standard InChI is InChI=1S/C17H18N2O2S2/c1-12-4-5-15(23-12)16(20)19-10-17(11-19)7-14(9-22-17)21-13-3-2-6-18-8-13/h2-6,8,14H,7,9-11H2,1H3/t14-/m0/s1. The molecule has 2 fully saturated rings. The molecule has 0 N–H and O–H groups in total. The van der Waals surface area contributed by atoms with E-state index in [-0.39, 0.29) is 16.8 Å². The molecule has 1 atom stereocenters. The Hall–Kier alpha value is -1.53. The fraction of sp³-hybridized carbons (Fsp3) is 0.412. The molecule has 2 aromatic rings. The zero-order chi connectivity index (χ0) is 15.9. The zero-order valence-electron chi connectivity index (χ0n) is 12.9. The van der Waals surface area contributed by atoms with E-state index in [1.54, 1.807) is 23.7 Å². The SMILES string of the molecule is Cc1ccc(C(=O)N2CC3(C[C@H](Oc4cccnc4)CS3)C2)s1. The lowest BCUT2D eigenvalue weighted by Gasteiger charge is -2.47. The van der Waals surface area contributed by atoms with Gasteiger partial charge in [-0.2, -0.15) is 0 Å². The molecule has 6 heteroatoms. The molecule has 120 valence electrons. The van der Waals surface area contributed by atoms with Gasteiger partial charge >= 0.3 is 0 Å². The fourth-order valence-electron chi connectivity index (χ4n) is 3.21. The van der Waals surface area contributed by atoms with Gasteiger partial charge in [-0.05, 0) is 31.2 Å². The van der Waals surface area contributed by atoms with Crippen LogP contribution in [0.4, 0.5) is 0 Å². The fourth-order valence-corrected chi connectivity index (χ4v) is 5.56. The lowest BCUT2D eigenvalue weighted by molar-refractivity contribution is 0.0523. The van der Waals surface area contributed by atoms with E-state index in [0.717, 1.165) is 35.9 Å².